The fourth-order valence-electron chi connectivity index (χ4n) is 1.44. The zero-order valence-electron chi connectivity index (χ0n) is 8.24. The fourth-order valence-corrected chi connectivity index (χ4v) is 2.71. The topological polar surface area (TPSA) is 93.1 Å². The van der Waals surface area contributed by atoms with Gasteiger partial charge in [-0.05, 0) is 6.92 Å². The molecule has 9 heteroatoms. The standard InChI is InChI=1S/C6H15N3O4S2/c1-5-8(4-15(11,12)13)6(14)7-9(5)2-3-10/h5-7,10,14H,2-4H2,1H3,(H,11,12,13). The van der Waals surface area contributed by atoms with Gasteiger partial charge in [0.25, 0.3) is 10.1 Å². The Morgan fingerprint density at radius 1 is 1.53 bits per heavy atom. The van der Waals surface area contributed by atoms with E-state index in [1.54, 1.807) is 11.9 Å². The Kier molecular flexibility index (Phi) is 4.35. The van der Waals surface area contributed by atoms with Gasteiger partial charge >= 0.3 is 0 Å². The van der Waals surface area contributed by atoms with E-state index in [0.717, 1.165) is 0 Å². The Labute approximate surface area is 94.2 Å². The average molecular weight is 257 g/mol. The first-order valence-corrected chi connectivity index (χ1v) is 6.50. The van der Waals surface area contributed by atoms with Gasteiger partial charge in [0.1, 0.15) is 11.4 Å². The molecule has 1 rings (SSSR count). The van der Waals surface area contributed by atoms with E-state index in [4.69, 9.17) is 9.66 Å². The predicted octanol–water partition coefficient (Wildman–Crippen LogP) is -1.49. The molecule has 1 aliphatic heterocycles. The van der Waals surface area contributed by atoms with Crippen molar-refractivity contribution >= 4 is 22.7 Å². The molecule has 0 radical (unpaired) electrons. The molecule has 0 amide bonds. The highest BCUT2D eigenvalue weighted by molar-refractivity contribution is 7.85. The van der Waals surface area contributed by atoms with Gasteiger partial charge in [0.05, 0.1) is 12.8 Å². The summed E-state index contributed by atoms with van der Waals surface area (Å²) in [4.78, 5) is 1.45. The van der Waals surface area contributed by atoms with E-state index in [0.29, 0.717) is 6.54 Å². The molecule has 0 spiro atoms. The summed E-state index contributed by atoms with van der Waals surface area (Å²) in [6.45, 7) is 2.07. The second-order valence-corrected chi connectivity index (χ2v) is 5.19. The summed E-state index contributed by atoms with van der Waals surface area (Å²) in [6, 6.07) is 0. The Morgan fingerprint density at radius 2 is 2.13 bits per heavy atom. The first-order valence-electron chi connectivity index (χ1n) is 4.38. The Morgan fingerprint density at radius 3 is 2.60 bits per heavy atom. The van der Waals surface area contributed by atoms with Crippen molar-refractivity contribution in [1.29, 1.82) is 0 Å². The van der Waals surface area contributed by atoms with Crippen molar-refractivity contribution in [3.05, 3.63) is 0 Å². The summed E-state index contributed by atoms with van der Waals surface area (Å²) < 4.78 is 30.2. The van der Waals surface area contributed by atoms with Gasteiger partial charge < -0.3 is 5.11 Å². The van der Waals surface area contributed by atoms with Crippen LogP contribution in [0.1, 0.15) is 6.92 Å². The highest BCUT2D eigenvalue weighted by Gasteiger charge is 2.36. The quantitative estimate of drug-likeness (QED) is 0.360. The fraction of sp³-hybridized carbons (Fsp3) is 1.00. The first kappa shape index (κ1) is 13.2. The summed E-state index contributed by atoms with van der Waals surface area (Å²) in [5, 5.41) is 10.4. The monoisotopic (exact) mass is 257 g/mol. The molecule has 1 fully saturated rings. The molecule has 7 nitrogen and oxygen atoms in total. The summed E-state index contributed by atoms with van der Waals surface area (Å²) in [5.74, 6) is -0.489. The third-order valence-electron chi connectivity index (χ3n) is 2.18. The molecule has 1 heterocycles. The van der Waals surface area contributed by atoms with Crippen LogP contribution in [0.2, 0.25) is 0 Å². The Hall–Kier alpha value is 0.1000. The minimum absolute atomic E-state index is 0.0441. The molecule has 3 N–H and O–H groups in total. The van der Waals surface area contributed by atoms with Crippen LogP contribution in [0.25, 0.3) is 0 Å². The number of nitrogens with zero attached hydrogens (tertiary/aromatic N) is 2. The van der Waals surface area contributed by atoms with E-state index in [9.17, 15) is 8.42 Å². The third-order valence-corrected chi connectivity index (χ3v) is 3.22. The van der Waals surface area contributed by atoms with Crippen molar-refractivity contribution in [2.24, 2.45) is 0 Å². The van der Waals surface area contributed by atoms with E-state index < -0.39 is 21.5 Å². The lowest BCUT2D eigenvalue weighted by molar-refractivity contribution is 0.113. The van der Waals surface area contributed by atoms with Crippen LogP contribution in [0, 0.1) is 0 Å². The maximum absolute atomic E-state index is 10.7. The average Bonchev–Trinajstić information content (AvgIpc) is 2.32. The molecule has 0 bridgehead atoms. The molecule has 2 unspecified atom stereocenters. The zero-order valence-corrected chi connectivity index (χ0v) is 9.95. The van der Waals surface area contributed by atoms with Crippen LogP contribution in [0.3, 0.4) is 0 Å². The molecule has 1 aliphatic rings. The lowest BCUT2D eigenvalue weighted by Gasteiger charge is -2.24. The first-order chi connectivity index (χ1) is 6.85. The van der Waals surface area contributed by atoms with Crippen molar-refractivity contribution in [2.75, 3.05) is 19.0 Å². The van der Waals surface area contributed by atoms with Crippen molar-refractivity contribution < 1.29 is 18.1 Å². The summed E-state index contributed by atoms with van der Waals surface area (Å²) in [7, 11) is -4.06. The molecule has 0 aliphatic carbocycles. The number of hydrogen-bond acceptors (Lipinski definition) is 7. The molecule has 0 saturated carbocycles. The second kappa shape index (κ2) is 4.95. The van der Waals surface area contributed by atoms with Crippen molar-refractivity contribution in [3.63, 3.8) is 0 Å². The van der Waals surface area contributed by atoms with Gasteiger partial charge in [-0.15, -0.1) is 12.6 Å². The lowest BCUT2D eigenvalue weighted by Crippen LogP contribution is -2.41. The Bertz CT molecular complexity index is 309. The van der Waals surface area contributed by atoms with E-state index in [-0.39, 0.29) is 12.8 Å². The third kappa shape index (κ3) is 3.55. The number of hydrazine groups is 1. The summed E-state index contributed by atoms with van der Waals surface area (Å²) in [5.41, 5.74) is 2.37. The van der Waals surface area contributed by atoms with Gasteiger partial charge in [0.2, 0.25) is 0 Å². The van der Waals surface area contributed by atoms with Crippen LogP contribution >= 0.6 is 12.6 Å². The van der Waals surface area contributed by atoms with Crippen LogP contribution < -0.4 is 5.43 Å². The number of thiol groups is 1. The number of aliphatic hydroxyl groups is 1. The van der Waals surface area contributed by atoms with Gasteiger partial charge in [-0.25, -0.2) is 15.3 Å². The molecular weight excluding hydrogens is 242 g/mol. The van der Waals surface area contributed by atoms with Crippen LogP contribution in [-0.2, 0) is 10.1 Å². The van der Waals surface area contributed by atoms with Crippen LogP contribution in [0.4, 0.5) is 0 Å². The maximum Gasteiger partial charge on any atom is 0.278 e. The number of aliphatic hydroxyl groups excluding tert-OH is 1. The van der Waals surface area contributed by atoms with Gasteiger partial charge in [-0.2, -0.15) is 8.42 Å². The maximum atomic E-state index is 10.7. The largest absolute Gasteiger partial charge is 0.395 e. The number of nitrogens with one attached hydrogen (secondary N) is 1. The number of hydrogen-bond donors (Lipinski definition) is 4. The normalized spacial score (nSPS) is 29.9. The molecule has 15 heavy (non-hydrogen) atoms. The minimum atomic E-state index is -4.06. The molecule has 90 valence electrons. The molecular formula is C6H15N3O4S2. The van der Waals surface area contributed by atoms with Crippen molar-refractivity contribution in [3.8, 4) is 0 Å². The van der Waals surface area contributed by atoms with E-state index >= 15 is 0 Å². The smallest absolute Gasteiger partial charge is 0.278 e. The van der Waals surface area contributed by atoms with Gasteiger partial charge in [-0.3, -0.25) is 4.55 Å². The zero-order chi connectivity index (χ0) is 11.6. The summed E-state index contributed by atoms with van der Waals surface area (Å²) >= 11 is 4.13. The van der Waals surface area contributed by atoms with Crippen molar-refractivity contribution in [2.45, 2.75) is 18.6 Å². The van der Waals surface area contributed by atoms with Gasteiger partial charge in [0.15, 0.2) is 0 Å². The molecule has 1 saturated heterocycles. The van der Waals surface area contributed by atoms with E-state index in [1.807, 2.05) is 0 Å². The predicted molar refractivity (Wildman–Crippen MR) is 57.4 cm³/mol. The lowest BCUT2D eigenvalue weighted by atomic mass is 10.5. The SMILES string of the molecule is CC1N(CCO)NC(S)N1CS(=O)(=O)O. The molecule has 0 aromatic heterocycles. The highest BCUT2D eigenvalue weighted by atomic mass is 32.2. The van der Waals surface area contributed by atoms with Crippen molar-refractivity contribution in [1.82, 2.24) is 15.3 Å². The van der Waals surface area contributed by atoms with Gasteiger partial charge in [-0.1, -0.05) is 0 Å². The molecule has 0 aromatic rings. The van der Waals surface area contributed by atoms with E-state index in [1.165, 1.54) is 4.90 Å². The van der Waals surface area contributed by atoms with Crippen LogP contribution in [0.15, 0.2) is 0 Å². The van der Waals surface area contributed by atoms with E-state index in [2.05, 4.69) is 18.1 Å². The highest BCUT2D eigenvalue weighted by Crippen LogP contribution is 2.18. The number of β-amino-alcohol motifs (C(OH)–C–C–N with tert-alkyl or cyclic N) is 1. The minimum Gasteiger partial charge on any atom is -0.395 e. The van der Waals surface area contributed by atoms with Crippen LogP contribution in [-0.4, -0.2) is 58.7 Å². The summed E-state index contributed by atoms with van der Waals surface area (Å²) in [6.07, 6.45) is -0.262. The molecule has 0 aromatic carbocycles. The molecule has 2 atom stereocenters. The second-order valence-electron chi connectivity index (χ2n) is 3.28. The van der Waals surface area contributed by atoms with Gasteiger partial charge in [0, 0.05) is 6.54 Å². The Balaban J connectivity index is 2.66. The number of rotatable bonds is 4. The van der Waals surface area contributed by atoms with Crippen LogP contribution in [0.5, 0.6) is 0 Å².